The smallest absolute Gasteiger partial charge is 0.239 e. The first kappa shape index (κ1) is 14.8. The van der Waals surface area contributed by atoms with Crippen molar-refractivity contribution in [3.63, 3.8) is 0 Å². The van der Waals surface area contributed by atoms with Crippen LogP contribution in [0, 0.1) is 20.8 Å². The van der Waals surface area contributed by atoms with E-state index in [1.807, 2.05) is 32.9 Å². The first-order chi connectivity index (χ1) is 9.85. The number of aromatic nitrogens is 2. The van der Waals surface area contributed by atoms with Crippen molar-refractivity contribution in [1.82, 2.24) is 9.78 Å². The maximum absolute atomic E-state index is 11.4. The Morgan fingerprint density at radius 2 is 1.86 bits per heavy atom. The van der Waals surface area contributed by atoms with Crippen LogP contribution in [-0.4, -0.2) is 22.0 Å². The van der Waals surface area contributed by atoms with E-state index in [2.05, 4.69) is 5.10 Å². The SMILES string of the molecule is Cc1cc(C)c(-c2nn(CC(N)=O)c(N)c2C=O)c(C)c1. The molecule has 2 aromatic rings. The van der Waals surface area contributed by atoms with Gasteiger partial charge in [0.15, 0.2) is 6.29 Å². The predicted molar refractivity (Wildman–Crippen MR) is 80.9 cm³/mol. The van der Waals surface area contributed by atoms with Gasteiger partial charge in [-0.25, -0.2) is 4.68 Å². The van der Waals surface area contributed by atoms with Gasteiger partial charge in [0.05, 0.1) is 5.56 Å². The van der Waals surface area contributed by atoms with Crippen molar-refractivity contribution in [2.45, 2.75) is 27.3 Å². The Kier molecular flexibility index (Phi) is 3.80. The monoisotopic (exact) mass is 286 g/mol. The van der Waals surface area contributed by atoms with Crippen LogP contribution in [-0.2, 0) is 11.3 Å². The average molecular weight is 286 g/mol. The van der Waals surface area contributed by atoms with Crippen molar-refractivity contribution in [2.24, 2.45) is 5.73 Å². The molecule has 0 saturated heterocycles. The molecule has 1 aromatic carbocycles. The lowest BCUT2D eigenvalue weighted by Gasteiger charge is -2.09. The number of carbonyl (C=O) groups excluding carboxylic acids is 2. The maximum Gasteiger partial charge on any atom is 0.239 e. The van der Waals surface area contributed by atoms with Crippen LogP contribution in [0.5, 0.6) is 0 Å². The second-order valence-corrected chi connectivity index (χ2v) is 5.16. The van der Waals surface area contributed by atoms with Crippen LogP contribution >= 0.6 is 0 Å². The molecule has 2 rings (SSSR count). The third-order valence-electron chi connectivity index (χ3n) is 3.37. The van der Waals surface area contributed by atoms with Crippen molar-refractivity contribution in [2.75, 3.05) is 5.73 Å². The second kappa shape index (κ2) is 5.40. The van der Waals surface area contributed by atoms with E-state index >= 15 is 0 Å². The molecule has 0 aliphatic carbocycles. The number of nitrogens with two attached hydrogens (primary N) is 2. The number of primary amides is 1. The molecule has 1 aromatic heterocycles. The lowest BCUT2D eigenvalue weighted by molar-refractivity contribution is -0.118. The van der Waals surface area contributed by atoms with Crippen LogP contribution in [0.4, 0.5) is 5.82 Å². The molecule has 1 heterocycles. The zero-order valence-corrected chi connectivity index (χ0v) is 12.3. The summed E-state index contributed by atoms with van der Waals surface area (Å²) in [7, 11) is 0. The number of benzene rings is 1. The van der Waals surface area contributed by atoms with E-state index in [0.29, 0.717) is 12.0 Å². The number of nitrogen functional groups attached to an aromatic ring is 1. The molecule has 0 atom stereocenters. The van der Waals surface area contributed by atoms with Crippen LogP contribution in [0.15, 0.2) is 12.1 Å². The minimum atomic E-state index is -0.564. The lowest BCUT2D eigenvalue weighted by Crippen LogP contribution is -2.20. The largest absolute Gasteiger partial charge is 0.383 e. The number of rotatable bonds is 4. The number of hydrogen-bond donors (Lipinski definition) is 2. The van der Waals surface area contributed by atoms with Gasteiger partial charge in [0, 0.05) is 5.56 Å². The molecule has 0 radical (unpaired) electrons. The van der Waals surface area contributed by atoms with E-state index < -0.39 is 5.91 Å². The molecule has 4 N–H and O–H groups in total. The molecule has 0 aliphatic rings. The summed E-state index contributed by atoms with van der Waals surface area (Å²) in [5.41, 5.74) is 15.8. The zero-order valence-electron chi connectivity index (χ0n) is 12.3. The second-order valence-electron chi connectivity index (χ2n) is 5.16. The highest BCUT2D eigenvalue weighted by Crippen LogP contribution is 2.31. The molecule has 6 heteroatoms. The molecule has 0 spiro atoms. The Balaban J connectivity index is 2.70. The summed E-state index contributed by atoms with van der Waals surface area (Å²) >= 11 is 0. The van der Waals surface area contributed by atoms with Gasteiger partial charge in [0.2, 0.25) is 5.91 Å². The van der Waals surface area contributed by atoms with Gasteiger partial charge in [-0.15, -0.1) is 0 Å². The maximum atomic E-state index is 11.4. The predicted octanol–water partition coefficient (Wildman–Crippen LogP) is 1.36. The van der Waals surface area contributed by atoms with Crippen LogP contribution < -0.4 is 11.5 Å². The Labute approximate surface area is 122 Å². The van der Waals surface area contributed by atoms with Gasteiger partial charge in [-0.05, 0) is 31.9 Å². The highest BCUT2D eigenvalue weighted by atomic mass is 16.1. The Hall–Kier alpha value is -2.63. The normalized spacial score (nSPS) is 10.6. The summed E-state index contributed by atoms with van der Waals surface area (Å²) in [4.78, 5) is 22.4. The van der Waals surface area contributed by atoms with Gasteiger partial charge in [0.1, 0.15) is 18.1 Å². The summed E-state index contributed by atoms with van der Waals surface area (Å²) in [6.07, 6.45) is 0.661. The van der Waals surface area contributed by atoms with Gasteiger partial charge >= 0.3 is 0 Å². The molecule has 21 heavy (non-hydrogen) atoms. The Bertz CT molecular complexity index is 709. The summed E-state index contributed by atoms with van der Waals surface area (Å²) in [6, 6.07) is 4.03. The number of aryl methyl sites for hydroxylation is 3. The van der Waals surface area contributed by atoms with Gasteiger partial charge in [-0.2, -0.15) is 5.10 Å². The quantitative estimate of drug-likeness (QED) is 0.828. The molecule has 0 fully saturated rings. The van der Waals surface area contributed by atoms with E-state index in [-0.39, 0.29) is 17.9 Å². The number of anilines is 1. The van der Waals surface area contributed by atoms with E-state index in [1.54, 1.807) is 0 Å². The molecular weight excluding hydrogens is 268 g/mol. The average Bonchev–Trinajstić information content (AvgIpc) is 2.64. The molecule has 110 valence electrons. The molecule has 0 unspecified atom stereocenters. The molecule has 0 aliphatic heterocycles. The van der Waals surface area contributed by atoms with E-state index in [1.165, 1.54) is 4.68 Å². The molecule has 1 amide bonds. The number of hydrogen-bond acceptors (Lipinski definition) is 4. The van der Waals surface area contributed by atoms with Gasteiger partial charge in [0.25, 0.3) is 0 Å². The van der Waals surface area contributed by atoms with Crippen LogP contribution in [0.2, 0.25) is 0 Å². The van der Waals surface area contributed by atoms with E-state index in [4.69, 9.17) is 11.5 Å². The zero-order chi connectivity index (χ0) is 15.7. The standard InChI is InChI=1S/C15H18N4O2/c1-8-4-9(2)13(10(3)5-8)14-11(7-20)15(17)19(18-14)6-12(16)21/h4-5,7H,6,17H2,1-3H3,(H2,16,21). The summed E-state index contributed by atoms with van der Waals surface area (Å²) in [5.74, 6) is -0.413. The van der Waals surface area contributed by atoms with E-state index in [9.17, 15) is 9.59 Å². The highest BCUT2D eigenvalue weighted by molar-refractivity contribution is 5.93. The fourth-order valence-corrected chi connectivity index (χ4v) is 2.61. The van der Waals surface area contributed by atoms with Gasteiger partial charge in [-0.3, -0.25) is 9.59 Å². The fraction of sp³-hybridized carbons (Fsp3) is 0.267. The lowest BCUT2D eigenvalue weighted by atomic mass is 9.95. The number of amides is 1. The van der Waals surface area contributed by atoms with Crippen LogP contribution in [0.25, 0.3) is 11.3 Å². The number of carbonyl (C=O) groups is 2. The molecule has 0 bridgehead atoms. The van der Waals surface area contributed by atoms with Crippen molar-refractivity contribution in [1.29, 1.82) is 0 Å². The summed E-state index contributed by atoms with van der Waals surface area (Å²) < 4.78 is 1.26. The minimum Gasteiger partial charge on any atom is -0.383 e. The van der Waals surface area contributed by atoms with Gasteiger partial charge in [-0.1, -0.05) is 17.7 Å². The number of aldehydes is 1. The Morgan fingerprint density at radius 1 is 1.29 bits per heavy atom. The van der Waals surface area contributed by atoms with Crippen molar-refractivity contribution in [3.8, 4) is 11.3 Å². The van der Waals surface area contributed by atoms with Crippen LogP contribution in [0.3, 0.4) is 0 Å². The molecule has 6 nitrogen and oxygen atoms in total. The van der Waals surface area contributed by atoms with Crippen molar-refractivity contribution >= 4 is 18.0 Å². The minimum absolute atomic E-state index is 0.151. The summed E-state index contributed by atoms with van der Waals surface area (Å²) in [5, 5.41) is 4.30. The van der Waals surface area contributed by atoms with Gasteiger partial charge < -0.3 is 11.5 Å². The van der Waals surface area contributed by atoms with Crippen molar-refractivity contribution < 1.29 is 9.59 Å². The highest BCUT2D eigenvalue weighted by Gasteiger charge is 2.20. The summed E-state index contributed by atoms with van der Waals surface area (Å²) in [6.45, 7) is 5.75. The van der Waals surface area contributed by atoms with Crippen molar-refractivity contribution in [3.05, 3.63) is 34.4 Å². The Morgan fingerprint density at radius 3 is 2.33 bits per heavy atom. The van der Waals surface area contributed by atoms with Crippen LogP contribution in [0.1, 0.15) is 27.0 Å². The third kappa shape index (κ3) is 2.65. The molecular formula is C15H18N4O2. The topological polar surface area (TPSA) is 104 Å². The van der Waals surface area contributed by atoms with E-state index in [0.717, 1.165) is 22.3 Å². The number of nitrogens with zero attached hydrogens (tertiary/aromatic N) is 2. The first-order valence-corrected chi connectivity index (χ1v) is 6.53. The first-order valence-electron chi connectivity index (χ1n) is 6.53. The fourth-order valence-electron chi connectivity index (χ4n) is 2.61. The molecule has 0 saturated carbocycles. The third-order valence-corrected chi connectivity index (χ3v) is 3.37.